The normalized spacial score (nSPS) is 13.0. The van der Waals surface area contributed by atoms with E-state index in [0.29, 0.717) is 0 Å². The molecule has 1 heterocycles. The Kier molecular flexibility index (Phi) is 5.88. The molecule has 0 aromatic carbocycles. The molecule has 0 aliphatic heterocycles. The third kappa shape index (κ3) is 4.25. The van der Waals surface area contributed by atoms with Crippen molar-refractivity contribution >= 4 is 11.3 Å². The van der Waals surface area contributed by atoms with Crippen molar-refractivity contribution in [2.75, 3.05) is 13.1 Å². The molecule has 0 spiro atoms. The Morgan fingerprint density at radius 2 is 2.29 bits per heavy atom. The van der Waals surface area contributed by atoms with Gasteiger partial charge in [-0.2, -0.15) is 0 Å². The summed E-state index contributed by atoms with van der Waals surface area (Å²) in [6, 6.07) is 4.39. The molecule has 14 heavy (non-hydrogen) atoms. The third-order valence-electron chi connectivity index (χ3n) is 2.51. The number of rotatable bonds is 7. The first kappa shape index (κ1) is 11.7. The summed E-state index contributed by atoms with van der Waals surface area (Å²) in [5.41, 5.74) is 0. The molecule has 1 aromatic heterocycles. The molecule has 1 N–H and O–H groups in total. The van der Waals surface area contributed by atoms with Gasteiger partial charge in [0.1, 0.15) is 0 Å². The van der Waals surface area contributed by atoms with Crippen LogP contribution >= 0.6 is 11.3 Å². The van der Waals surface area contributed by atoms with Crippen LogP contribution in [0.25, 0.3) is 0 Å². The van der Waals surface area contributed by atoms with Crippen molar-refractivity contribution < 1.29 is 0 Å². The van der Waals surface area contributed by atoms with E-state index in [9.17, 15) is 0 Å². The van der Waals surface area contributed by atoms with Gasteiger partial charge in [0.2, 0.25) is 0 Å². The average Bonchev–Trinajstić information content (AvgIpc) is 2.69. The van der Waals surface area contributed by atoms with E-state index in [1.807, 2.05) is 11.3 Å². The van der Waals surface area contributed by atoms with Crippen LogP contribution in [0.2, 0.25) is 0 Å². The van der Waals surface area contributed by atoms with Crippen LogP contribution in [0, 0.1) is 5.92 Å². The van der Waals surface area contributed by atoms with Crippen molar-refractivity contribution in [2.45, 2.75) is 33.1 Å². The number of thiophene rings is 1. The van der Waals surface area contributed by atoms with E-state index >= 15 is 0 Å². The molecule has 1 aromatic rings. The molecule has 80 valence electrons. The summed E-state index contributed by atoms with van der Waals surface area (Å²) in [6.07, 6.45) is 3.74. The quantitative estimate of drug-likeness (QED) is 0.682. The number of nitrogens with one attached hydrogen (secondary N) is 1. The van der Waals surface area contributed by atoms with Crippen LogP contribution in [-0.4, -0.2) is 13.1 Å². The number of hydrogen-bond acceptors (Lipinski definition) is 2. The molecule has 0 amide bonds. The first-order valence-corrected chi connectivity index (χ1v) is 6.47. The second-order valence-electron chi connectivity index (χ2n) is 3.76. The first-order valence-electron chi connectivity index (χ1n) is 5.59. The lowest BCUT2D eigenvalue weighted by Crippen LogP contribution is -2.24. The van der Waals surface area contributed by atoms with Gasteiger partial charge in [-0.3, -0.25) is 0 Å². The maximum Gasteiger partial charge on any atom is 0.00484 e. The van der Waals surface area contributed by atoms with Crippen molar-refractivity contribution in [3.8, 4) is 0 Å². The molecule has 0 saturated heterocycles. The summed E-state index contributed by atoms with van der Waals surface area (Å²) in [7, 11) is 0. The Labute approximate surface area is 91.5 Å². The molecular formula is C12H21NS. The highest BCUT2D eigenvalue weighted by Gasteiger charge is 2.07. The van der Waals surface area contributed by atoms with Gasteiger partial charge < -0.3 is 5.32 Å². The van der Waals surface area contributed by atoms with Crippen molar-refractivity contribution in [2.24, 2.45) is 5.92 Å². The summed E-state index contributed by atoms with van der Waals surface area (Å²) in [6.45, 7) is 6.82. The molecule has 0 aliphatic carbocycles. The van der Waals surface area contributed by atoms with E-state index in [-0.39, 0.29) is 0 Å². The zero-order chi connectivity index (χ0) is 10.2. The number of hydrogen-bond donors (Lipinski definition) is 1. The zero-order valence-corrected chi connectivity index (χ0v) is 10.1. The lowest BCUT2D eigenvalue weighted by atomic mass is 10.0. The van der Waals surface area contributed by atoms with Crippen molar-refractivity contribution in [3.05, 3.63) is 22.4 Å². The standard InChI is InChI=1S/C12H21NS/c1-3-7-13-10-11(4-2)9-12-6-5-8-14-12/h5-6,8,11,13H,3-4,7,9-10H2,1-2H3. The van der Waals surface area contributed by atoms with Gasteiger partial charge in [0.15, 0.2) is 0 Å². The molecule has 0 aliphatic rings. The van der Waals surface area contributed by atoms with E-state index in [1.165, 1.54) is 30.7 Å². The Morgan fingerprint density at radius 3 is 2.86 bits per heavy atom. The monoisotopic (exact) mass is 211 g/mol. The predicted octanol–water partition coefficient (Wildman–Crippen LogP) is 3.32. The predicted molar refractivity (Wildman–Crippen MR) is 65.0 cm³/mol. The molecule has 1 unspecified atom stereocenters. The fourth-order valence-electron chi connectivity index (χ4n) is 1.56. The van der Waals surface area contributed by atoms with E-state index in [0.717, 1.165) is 12.5 Å². The minimum atomic E-state index is 0.806. The maximum atomic E-state index is 3.50. The molecule has 2 heteroatoms. The van der Waals surface area contributed by atoms with Crippen molar-refractivity contribution in [1.29, 1.82) is 0 Å². The van der Waals surface area contributed by atoms with E-state index in [4.69, 9.17) is 0 Å². The topological polar surface area (TPSA) is 12.0 Å². The first-order chi connectivity index (χ1) is 6.86. The van der Waals surface area contributed by atoms with Gasteiger partial charge in [-0.05, 0) is 43.3 Å². The summed E-state index contributed by atoms with van der Waals surface area (Å²) < 4.78 is 0. The molecule has 1 nitrogen and oxygen atoms in total. The van der Waals surface area contributed by atoms with E-state index in [2.05, 4.69) is 36.7 Å². The lowest BCUT2D eigenvalue weighted by molar-refractivity contribution is 0.463. The second kappa shape index (κ2) is 7.02. The van der Waals surface area contributed by atoms with Crippen LogP contribution < -0.4 is 5.32 Å². The van der Waals surface area contributed by atoms with Crippen molar-refractivity contribution in [3.63, 3.8) is 0 Å². The summed E-state index contributed by atoms with van der Waals surface area (Å²) >= 11 is 1.88. The molecule has 1 rings (SSSR count). The van der Waals surface area contributed by atoms with Gasteiger partial charge in [0.05, 0.1) is 0 Å². The van der Waals surface area contributed by atoms with Crippen LogP contribution in [0.15, 0.2) is 17.5 Å². The second-order valence-corrected chi connectivity index (χ2v) is 4.79. The van der Waals surface area contributed by atoms with Crippen LogP contribution in [0.5, 0.6) is 0 Å². The van der Waals surface area contributed by atoms with Crippen molar-refractivity contribution in [1.82, 2.24) is 5.32 Å². The summed E-state index contributed by atoms with van der Waals surface area (Å²) in [5, 5.41) is 5.67. The van der Waals surface area contributed by atoms with Crippen LogP contribution in [0.1, 0.15) is 31.6 Å². The fraction of sp³-hybridized carbons (Fsp3) is 0.667. The Bertz CT molecular complexity index is 218. The minimum absolute atomic E-state index is 0.806. The fourth-order valence-corrected chi connectivity index (χ4v) is 2.38. The van der Waals surface area contributed by atoms with Gasteiger partial charge in [-0.1, -0.05) is 26.3 Å². The SMILES string of the molecule is CCCNCC(CC)Cc1cccs1. The molecular weight excluding hydrogens is 190 g/mol. The third-order valence-corrected chi connectivity index (χ3v) is 3.41. The zero-order valence-electron chi connectivity index (χ0n) is 9.25. The molecule has 0 radical (unpaired) electrons. The minimum Gasteiger partial charge on any atom is -0.316 e. The molecule has 0 fully saturated rings. The van der Waals surface area contributed by atoms with Gasteiger partial charge in [0.25, 0.3) is 0 Å². The molecule has 0 saturated carbocycles. The highest BCUT2D eigenvalue weighted by Crippen LogP contribution is 2.16. The summed E-state index contributed by atoms with van der Waals surface area (Å²) in [4.78, 5) is 1.52. The highest BCUT2D eigenvalue weighted by molar-refractivity contribution is 7.09. The van der Waals surface area contributed by atoms with Crippen LogP contribution in [-0.2, 0) is 6.42 Å². The Morgan fingerprint density at radius 1 is 1.43 bits per heavy atom. The lowest BCUT2D eigenvalue weighted by Gasteiger charge is -2.14. The van der Waals surface area contributed by atoms with Gasteiger partial charge in [-0.15, -0.1) is 11.3 Å². The van der Waals surface area contributed by atoms with E-state index in [1.54, 1.807) is 0 Å². The van der Waals surface area contributed by atoms with Gasteiger partial charge in [0, 0.05) is 4.88 Å². The van der Waals surface area contributed by atoms with E-state index < -0.39 is 0 Å². The van der Waals surface area contributed by atoms with Crippen LogP contribution in [0.4, 0.5) is 0 Å². The van der Waals surface area contributed by atoms with Gasteiger partial charge >= 0.3 is 0 Å². The smallest absolute Gasteiger partial charge is 0.00484 e. The average molecular weight is 211 g/mol. The maximum absolute atomic E-state index is 3.50. The Balaban J connectivity index is 2.24. The molecule has 0 bridgehead atoms. The highest BCUT2D eigenvalue weighted by atomic mass is 32.1. The summed E-state index contributed by atoms with van der Waals surface area (Å²) in [5.74, 6) is 0.806. The largest absolute Gasteiger partial charge is 0.316 e. The Hall–Kier alpha value is -0.340. The molecule has 1 atom stereocenters. The van der Waals surface area contributed by atoms with Crippen LogP contribution in [0.3, 0.4) is 0 Å². The van der Waals surface area contributed by atoms with Gasteiger partial charge in [-0.25, -0.2) is 0 Å².